The smallest absolute Gasteiger partial charge is 0.310 e. The minimum atomic E-state index is -2.66. The molecule has 5 aromatic rings. The van der Waals surface area contributed by atoms with E-state index in [0.717, 1.165) is 69.1 Å². The highest BCUT2D eigenvalue weighted by Crippen LogP contribution is 2.37. The number of allylic oxidation sites excluding steroid dienone is 1. The van der Waals surface area contributed by atoms with Crippen molar-refractivity contribution in [3.8, 4) is 11.5 Å². The van der Waals surface area contributed by atoms with Gasteiger partial charge in [-0.3, -0.25) is 19.2 Å². The summed E-state index contributed by atoms with van der Waals surface area (Å²) in [7, 11) is 6.16. The molecule has 656 valence electrons. The van der Waals surface area contributed by atoms with Crippen LogP contribution in [-0.4, -0.2) is 71.2 Å². The number of carbonyl (C=O) groups excluding carboxylic acids is 4. The highest BCUT2D eigenvalue weighted by Gasteiger charge is 2.31. The van der Waals surface area contributed by atoms with E-state index in [-0.39, 0.29) is 90.5 Å². The number of rotatable bonds is 21. The Morgan fingerprint density at radius 2 is 0.772 bits per heavy atom. The molecular formula is C99H169F4N3O8. The van der Waals surface area contributed by atoms with Crippen LogP contribution in [0.3, 0.4) is 0 Å². The van der Waals surface area contributed by atoms with Gasteiger partial charge in [-0.25, -0.2) is 17.6 Å². The number of ether oxygens (including phenoxy) is 4. The van der Waals surface area contributed by atoms with Gasteiger partial charge >= 0.3 is 5.97 Å². The molecule has 0 aliphatic heterocycles. The fraction of sp³-hybridized carbons (Fsp3) is 0.636. The van der Waals surface area contributed by atoms with E-state index in [1.54, 1.807) is 32.4 Å². The predicted molar refractivity (Wildman–Crippen MR) is 484 cm³/mol. The Hall–Kier alpha value is -6.84. The molecule has 15 heteroatoms. The molecular weight excluding hydrogens is 1440 g/mol. The van der Waals surface area contributed by atoms with Crippen LogP contribution in [0.5, 0.6) is 11.5 Å². The fourth-order valence-electron chi connectivity index (χ4n) is 9.69. The number of nitrogens with two attached hydrogens (primary N) is 1. The van der Waals surface area contributed by atoms with Crippen molar-refractivity contribution in [2.75, 3.05) is 46.9 Å². The molecule has 0 saturated carbocycles. The van der Waals surface area contributed by atoms with Gasteiger partial charge in [-0.15, -0.1) is 0 Å². The van der Waals surface area contributed by atoms with E-state index in [2.05, 4.69) is 258 Å². The minimum absolute atomic E-state index is 0.00129. The van der Waals surface area contributed by atoms with E-state index in [9.17, 15) is 36.7 Å². The van der Waals surface area contributed by atoms with Crippen molar-refractivity contribution in [3.05, 3.63) is 173 Å². The van der Waals surface area contributed by atoms with E-state index >= 15 is 0 Å². The van der Waals surface area contributed by atoms with Crippen molar-refractivity contribution >= 4 is 29.3 Å². The second kappa shape index (κ2) is 62.4. The van der Waals surface area contributed by atoms with Crippen LogP contribution in [0.15, 0.2) is 140 Å². The summed E-state index contributed by atoms with van der Waals surface area (Å²) in [4.78, 5) is 46.2. The number of ketones is 1. The Labute approximate surface area is 696 Å². The Kier molecular flexibility index (Phi) is 64.6. The van der Waals surface area contributed by atoms with Crippen molar-refractivity contribution in [1.82, 2.24) is 5.32 Å². The molecule has 0 aromatic heterocycles. The third-order valence-electron chi connectivity index (χ3n) is 16.4. The van der Waals surface area contributed by atoms with E-state index in [1.807, 2.05) is 82.3 Å². The second-order valence-electron chi connectivity index (χ2n) is 37.8. The molecule has 0 spiro atoms. The number of aryl methyl sites for hydroxylation is 2. The normalized spacial score (nSPS) is 11.6. The van der Waals surface area contributed by atoms with Gasteiger partial charge in [-0.1, -0.05) is 330 Å². The Balaban J connectivity index is -0.000000295. The van der Waals surface area contributed by atoms with Crippen LogP contribution in [-0.2, 0) is 54.3 Å². The quantitative estimate of drug-likeness (QED) is 0.0370. The van der Waals surface area contributed by atoms with Crippen molar-refractivity contribution in [2.45, 2.75) is 318 Å². The summed E-state index contributed by atoms with van der Waals surface area (Å²) in [5.74, 6) is 0.229. The van der Waals surface area contributed by atoms with E-state index < -0.39 is 18.9 Å². The van der Waals surface area contributed by atoms with Crippen LogP contribution in [0.4, 0.5) is 23.2 Å². The van der Waals surface area contributed by atoms with Crippen molar-refractivity contribution in [3.63, 3.8) is 0 Å². The number of hydrogen-bond donors (Lipinski definition) is 3. The van der Waals surface area contributed by atoms with Crippen LogP contribution in [0.25, 0.3) is 0 Å². The zero-order chi connectivity index (χ0) is 90.1. The summed E-state index contributed by atoms with van der Waals surface area (Å²) in [6, 6.07) is 39.4. The molecule has 1 unspecified atom stereocenters. The molecule has 0 aliphatic rings. The highest BCUT2D eigenvalue weighted by molar-refractivity contribution is 5.93. The lowest BCUT2D eigenvalue weighted by molar-refractivity contribution is -0.142. The standard InChI is InChI=1S/C20H31F2NO2.C13H18F2O.C13H27NO.C10H19NO.C10H12O2.2C8H10.2C6H14.C3H8O.C2H6/c1-19(2,3)11-13(12-20(4,5)6)18(24)23-14-8-9-16(25-7)15(10-14)17(21)22;1-13(2,3)8-9-5-6-11(16-4)10(7-9)12(14)15;1-12(2,3)8-10(11(15)14-7)9-13(4,5)6;1-8(12)9(11)6-5-7-10(2,3)4;1-2-12-10(11)8-9-6-4-3-5-7-9;2*1-2-8-6-4-3-5-7-8;2*1-5-6(2,3)4;1-3-4-2;1-2/h8-10,13,17H,11-12H2,1-7H3,(H,23,24);5-7,12H,8H2,1-4H3;10H,8-9H2,1-7H3,(H,14,15);5-6,9H,7,11H2,1-4H3;3-7H,2,8H2,1H3;2*3-7H,2H2,1H3;2*5H2,1-4H3;3H2,1-2H3;1-2H3/b;;;6-5+;;;;;;;. The molecule has 0 saturated heterocycles. The third kappa shape index (κ3) is 75.2. The molecule has 114 heavy (non-hydrogen) atoms. The Morgan fingerprint density at radius 1 is 0.439 bits per heavy atom. The monoisotopic (exact) mass is 1600 g/mol. The van der Waals surface area contributed by atoms with Crippen LogP contribution >= 0.6 is 0 Å². The lowest BCUT2D eigenvalue weighted by atomic mass is 9.76. The maximum absolute atomic E-state index is 13.1. The summed E-state index contributed by atoms with van der Waals surface area (Å²) in [6.07, 6.45) is 8.87. The zero-order valence-electron chi connectivity index (χ0n) is 79.2. The summed E-state index contributed by atoms with van der Waals surface area (Å²) in [5.41, 5.74) is 12.2. The molecule has 0 heterocycles. The number of anilines is 1. The molecule has 2 amide bonds. The molecule has 0 aliphatic carbocycles. The number of benzene rings is 5. The van der Waals surface area contributed by atoms with E-state index in [4.69, 9.17) is 19.9 Å². The second-order valence-corrected chi connectivity index (χ2v) is 37.8. The summed E-state index contributed by atoms with van der Waals surface area (Å²) >= 11 is 0. The topological polar surface area (TPSA) is 155 Å². The van der Waals surface area contributed by atoms with Gasteiger partial charge in [0.1, 0.15) is 17.3 Å². The third-order valence-corrected chi connectivity index (χ3v) is 16.4. The maximum Gasteiger partial charge on any atom is 0.310 e. The first-order valence-electron chi connectivity index (χ1n) is 41.4. The number of amides is 2. The van der Waals surface area contributed by atoms with Gasteiger partial charge in [0.2, 0.25) is 11.8 Å². The fourth-order valence-corrected chi connectivity index (χ4v) is 9.69. The van der Waals surface area contributed by atoms with Gasteiger partial charge in [0.05, 0.1) is 44.4 Å². The Morgan fingerprint density at radius 3 is 1.04 bits per heavy atom. The number of esters is 1. The minimum Gasteiger partial charge on any atom is -0.496 e. The first-order chi connectivity index (χ1) is 52.3. The molecule has 0 fully saturated rings. The molecule has 4 N–H and O–H groups in total. The highest BCUT2D eigenvalue weighted by atomic mass is 19.3. The molecule has 5 aromatic carbocycles. The number of hydrogen-bond acceptors (Lipinski definition) is 9. The van der Waals surface area contributed by atoms with Crippen molar-refractivity contribution in [2.24, 2.45) is 60.9 Å². The first kappa shape index (κ1) is 118. The van der Waals surface area contributed by atoms with Crippen molar-refractivity contribution in [1.29, 1.82) is 0 Å². The Bertz CT molecular complexity index is 3140. The SMILES string of the molecule is CC.CC(=O)C(N)/C=C/CC(C)(C)C.CCC(C)(C)C.CCC(C)(C)C.CCOC.CCOC(=O)Cc1ccccc1.CCc1ccccc1.CCc1ccccc1.CNC(=O)C(CC(C)(C)C)CC(C)(C)C.COc1ccc(CC(C)(C)C)cc1C(F)F.COc1ccc(NC(=O)C(CC(C)(C)C)CC(C)(C)C)cc1C(F)F. The maximum atomic E-state index is 13.1. The number of nitrogens with one attached hydrogen (secondary N) is 2. The lowest BCUT2D eigenvalue weighted by Crippen LogP contribution is -2.33. The summed E-state index contributed by atoms with van der Waals surface area (Å²) < 4.78 is 71.0. The summed E-state index contributed by atoms with van der Waals surface area (Å²) in [6.45, 7) is 71.1. The average molecular weight is 1610 g/mol. The van der Waals surface area contributed by atoms with Gasteiger partial charge in [0, 0.05) is 38.3 Å². The molecule has 11 nitrogen and oxygen atoms in total. The summed E-state index contributed by atoms with van der Waals surface area (Å²) in [5, 5.41) is 5.58. The largest absolute Gasteiger partial charge is 0.496 e. The first-order valence-corrected chi connectivity index (χ1v) is 41.4. The van der Waals surface area contributed by atoms with E-state index in [0.29, 0.717) is 29.5 Å². The molecule has 5 rings (SSSR count). The van der Waals surface area contributed by atoms with Gasteiger partial charge in [-0.05, 0) is 168 Å². The van der Waals surface area contributed by atoms with Crippen LogP contribution in [0.1, 0.15) is 320 Å². The molecule has 0 bridgehead atoms. The molecule has 1 atom stereocenters. The predicted octanol–water partition coefficient (Wildman–Crippen LogP) is 28.3. The zero-order valence-corrected chi connectivity index (χ0v) is 79.2. The van der Waals surface area contributed by atoms with Crippen LogP contribution in [0.2, 0.25) is 0 Å². The van der Waals surface area contributed by atoms with Gasteiger partial charge in [-0.2, -0.15) is 0 Å². The van der Waals surface area contributed by atoms with Crippen molar-refractivity contribution < 1.29 is 55.7 Å². The van der Waals surface area contributed by atoms with Gasteiger partial charge in [0.15, 0.2) is 0 Å². The number of halogens is 4. The van der Waals surface area contributed by atoms with E-state index in [1.165, 1.54) is 63.3 Å². The van der Waals surface area contributed by atoms with Crippen LogP contribution in [0, 0.1) is 55.2 Å². The van der Waals surface area contributed by atoms with Crippen LogP contribution < -0.4 is 25.8 Å². The molecule has 0 radical (unpaired) electrons. The average Bonchev–Trinajstić information content (AvgIpc) is 0.841. The van der Waals surface area contributed by atoms with Gasteiger partial charge < -0.3 is 35.3 Å². The van der Waals surface area contributed by atoms with Gasteiger partial charge in [0.25, 0.3) is 12.9 Å². The lowest BCUT2D eigenvalue weighted by Gasteiger charge is -2.30. The number of methoxy groups -OCH3 is 3. The number of carbonyl (C=O) groups is 4. The number of alkyl halides is 4. The number of Topliss-reactive ketones (excluding diaryl/α,β-unsaturated/α-hetero) is 1.